The van der Waals surface area contributed by atoms with E-state index >= 15 is 0 Å². The van der Waals surface area contributed by atoms with Crippen molar-refractivity contribution in [2.24, 2.45) is 0 Å². The van der Waals surface area contributed by atoms with Crippen molar-refractivity contribution < 1.29 is 4.79 Å². The van der Waals surface area contributed by atoms with Crippen LogP contribution in [0.15, 0.2) is 24.5 Å². The topological polar surface area (TPSA) is 30.0 Å². The van der Waals surface area contributed by atoms with E-state index in [0.29, 0.717) is 6.42 Å². The number of alkyl halides is 1. The highest BCUT2D eigenvalue weighted by atomic mass is 79.9. The van der Waals surface area contributed by atoms with Crippen LogP contribution in [-0.2, 0) is 11.2 Å². The van der Waals surface area contributed by atoms with Gasteiger partial charge in [0.2, 0.25) is 0 Å². The predicted octanol–water partition coefficient (Wildman–Crippen LogP) is 2.37. The second-order valence-electron chi connectivity index (χ2n) is 2.85. The van der Waals surface area contributed by atoms with E-state index in [4.69, 9.17) is 0 Å². The summed E-state index contributed by atoms with van der Waals surface area (Å²) < 4.78 is 0. The number of hydrogen-bond donors (Lipinski definition) is 0. The van der Waals surface area contributed by atoms with Crippen LogP contribution in [-0.4, -0.2) is 15.6 Å². The first-order valence-electron chi connectivity index (χ1n) is 4.29. The number of carbonyl (C=O) groups is 1. The molecule has 0 radical (unpaired) electrons. The molecule has 0 N–H and O–H groups in total. The van der Waals surface area contributed by atoms with E-state index in [-0.39, 0.29) is 10.6 Å². The van der Waals surface area contributed by atoms with Crippen LogP contribution >= 0.6 is 15.9 Å². The summed E-state index contributed by atoms with van der Waals surface area (Å²) in [7, 11) is 0. The van der Waals surface area contributed by atoms with Crippen LogP contribution in [0.2, 0.25) is 0 Å². The summed E-state index contributed by atoms with van der Waals surface area (Å²) in [5.41, 5.74) is 1.09. The number of aromatic nitrogens is 1. The summed E-state index contributed by atoms with van der Waals surface area (Å²) in [6.45, 7) is 1.87. The Morgan fingerprint density at radius 3 is 3.00 bits per heavy atom. The molecule has 0 saturated heterocycles. The fraction of sp³-hybridized carbons (Fsp3) is 0.400. The number of nitrogens with zero attached hydrogens (tertiary/aromatic N) is 1. The van der Waals surface area contributed by atoms with Gasteiger partial charge in [-0.25, -0.2) is 0 Å². The van der Waals surface area contributed by atoms with Gasteiger partial charge in [0.25, 0.3) is 0 Å². The van der Waals surface area contributed by atoms with E-state index in [1.165, 1.54) is 0 Å². The van der Waals surface area contributed by atoms with E-state index in [0.717, 1.165) is 12.0 Å². The SMILES string of the molecule is CCC(=O)C(Br)Cc1cccnc1. The Labute approximate surface area is 86.5 Å². The van der Waals surface area contributed by atoms with Crippen LogP contribution in [0, 0.1) is 0 Å². The Morgan fingerprint density at radius 1 is 1.69 bits per heavy atom. The fourth-order valence-corrected chi connectivity index (χ4v) is 1.76. The second kappa shape index (κ2) is 5.12. The van der Waals surface area contributed by atoms with Gasteiger partial charge in [0, 0.05) is 18.8 Å². The number of ketones is 1. The van der Waals surface area contributed by atoms with Gasteiger partial charge >= 0.3 is 0 Å². The second-order valence-corrected chi connectivity index (χ2v) is 3.96. The minimum atomic E-state index is -0.0679. The third-order valence-electron chi connectivity index (χ3n) is 1.84. The lowest BCUT2D eigenvalue weighted by atomic mass is 10.1. The molecule has 0 spiro atoms. The highest BCUT2D eigenvalue weighted by molar-refractivity contribution is 9.10. The molecule has 0 amide bonds. The quantitative estimate of drug-likeness (QED) is 0.758. The van der Waals surface area contributed by atoms with Crippen molar-refractivity contribution in [2.45, 2.75) is 24.6 Å². The molecule has 0 aliphatic rings. The van der Waals surface area contributed by atoms with Crippen LogP contribution < -0.4 is 0 Å². The molecule has 0 aliphatic heterocycles. The molecule has 1 atom stereocenters. The lowest BCUT2D eigenvalue weighted by Gasteiger charge is -2.06. The number of carbonyl (C=O) groups excluding carboxylic acids is 1. The van der Waals surface area contributed by atoms with Gasteiger partial charge in [-0.2, -0.15) is 0 Å². The van der Waals surface area contributed by atoms with Crippen LogP contribution in [0.1, 0.15) is 18.9 Å². The van der Waals surface area contributed by atoms with Crippen LogP contribution in [0.4, 0.5) is 0 Å². The van der Waals surface area contributed by atoms with E-state index in [2.05, 4.69) is 20.9 Å². The largest absolute Gasteiger partial charge is 0.298 e. The normalized spacial score (nSPS) is 12.5. The Hall–Kier alpha value is -0.700. The standard InChI is InChI=1S/C10H12BrNO/c1-2-10(13)9(11)6-8-4-3-5-12-7-8/h3-5,7,9H,2,6H2,1H3. The first kappa shape index (κ1) is 10.4. The molecule has 13 heavy (non-hydrogen) atoms. The summed E-state index contributed by atoms with van der Waals surface area (Å²) in [5, 5.41) is 0. The number of Topliss-reactive ketones (excluding diaryl/α,β-unsaturated/α-hetero) is 1. The molecule has 1 heterocycles. The first-order chi connectivity index (χ1) is 6.24. The highest BCUT2D eigenvalue weighted by Crippen LogP contribution is 2.11. The molecule has 1 aromatic rings. The third-order valence-corrected chi connectivity index (χ3v) is 2.67. The Morgan fingerprint density at radius 2 is 2.46 bits per heavy atom. The van der Waals surface area contributed by atoms with Crippen molar-refractivity contribution in [3.63, 3.8) is 0 Å². The fourth-order valence-electron chi connectivity index (χ4n) is 1.06. The summed E-state index contributed by atoms with van der Waals surface area (Å²) in [4.78, 5) is 15.2. The molecule has 0 aromatic carbocycles. The highest BCUT2D eigenvalue weighted by Gasteiger charge is 2.12. The van der Waals surface area contributed by atoms with Crippen molar-refractivity contribution >= 4 is 21.7 Å². The molecule has 1 unspecified atom stereocenters. The van der Waals surface area contributed by atoms with E-state index in [1.807, 2.05) is 19.1 Å². The zero-order valence-electron chi connectivity index (χ0n) is 7.53. The van der Waals surface area contributed by atoms with Gasteiger partial charge in [0.05, 0.1) is 4.83 Å². The lowest BCUT2D eigenvalue weighted by Crippen LogP contribution is -2.15. The van der Waals surface area contributed by atoms with Crippen molar-refractivity contribution in [1.82, 2.24) is 4.98 Å². The molecule has 70 valence electrons. The molecule has 2 nitrogen and oxygen atoms in total. The first-order valence-corrected chi connectivity index (χ1v) is 5.21. The van der Waals surface area contributed by atoms with Gasteiger partial charge in [0.1, 0.15) is 5.78 Å². The monoisotopic (exact) mass is 241 g/mol. The van der Waals surface area contributed by atoms with Gasteiger partial charge in [-0.15, -0.1) is 0 Å². The maximum atomic E-state index is 11.2. The zero-order chi connectivity index (χ0) is 9.68. The van der Waals surface area contributed by atoms with E-state index < -0.39 is 0 Å². The van der Waals surface area contributed by atoms with Crippen LogP contribution in [0.25, 0.3) is 0 Å². The summed E-state index contributed by atoms with van der Waals surface area (Å²) in [5.74, 6) is 0.240. The maximum Gasteiger partial charge on any atom is 0.146 e. The zero-order valence-corrected chi connectivity index (χ0v) is 9.12. The van der Waals surface area contributed by atoms with Gasteiger partial charge < -0.3 is 0 Å². The summed E-state index contributed by atoms with van der Waals surface area (Å²) in [6.07, 6.45) is 4.82. The third kappa shape index (κ3) is 3.27. The van der Waals surface area contributed by atoms with Gasteiger partial charge in [-0.3, -0.25) is 9.78 Å². The van der Waals surface area contributed by atoms with E-state index in [9.17, 15) is 4.79 Å². The summed E-state index contributed by atoms with van der Waals surface area (Å²) in [6, 6.07) is 3.86. The molecule has 0 aliphatic carbocycles. The minimum Gasteiger partial charge on any atom is -0.298 e. The molecule has 0 bridgehead atoms. The van der Waals surface area contributed by atoms with Crippen molar-refractivity contribution in [2.75, 3.05) is 0 Å². The molecular weight excluding hydrogens is 230 g/mol. The van der Waals surface area contributed by atoms with Crippen molar-refractivity contribution in [1.29, 1.82) is 0 Å². The smallest absolute Gasteiger partial charge is 0.146 e. The number of pyridine rings is 1. The molecule has 1 rings (SSSR count). The predicted molar refractivity (Wildman–Crippen MR) is 56.0 cm³/mol. The Kier molecular flexibility index (Phi) is 4.09. The van der Waals surface area contributed by atoms with E-state index in [1.54, 1.807) is 12.4 Å². The average Bonchev–Trinajstić information content (AvgIpc) is 2.18. The Bertz CT molecular complexity index is 274. The average molecular weight is 242 g/mol. The van der Waals surface area contributed by atoms with Gasteiger partial charge in [-0.1, -0.05) is 28.9 Å². The Balaban J connectivity index is 2.55. The molecule has 0 saturated carbocycles. The minimum absolute atomic E-state index is 0.0679. The molecule has 3 heteroatoms. The van der Waals surface area contributed by atoms with Crippen molar-refractivity contribution in [3.8, 4) is 0 Å². The molecular formula is C10H12BrNO. The lowest BCUT2D eigenvalue weighted by molar-refractivity contribution is -0.118. The number of halogens is 1. The maximum absolute atomic E-state index is 11.2. The number of rotatable bonds is 4. The van der Waals surface area contributed by atoms with Crippen LogP contribution in [0.5, 0.6) is 0 Å². The molecule has 0 fully saturated rings. The molecule has 1 aromatic heterocycles. The number of hydrogen-bond acceptors (Lipinski definition) is 2. The van der Waals surface area contributed by atoms with Gasteiger partial charge in [0.15, 0.2) is 0 Å². The van der Waals surface area contributed by atoms with Crippen LogP contribution in [0.3, 0.4) is 0 Å². The van der Waals surface area contributed by atoms with Crippen molar-refractivity contribution in [3.05, 3.63) is 30.1 Å². The van der Waals surface area contributed by atoms with Gasteiger partial charge in [-0.05, 0) is 18.1 Å². The summed E-state index contributed by atoms with van der Waals surface area (Å²) >= 11 is 3.36.